The van der Waals surface area contributed by atoms with Crippen LogP contribution in [0.5, 0.6) is 0 Å². The van der Waals surface area contributed by atoms with Gasteiger partial charge in [-0.2, -0.15) is 14.8 Å². The average molecular weight is 290 g/mol. The number of amides is 1. The van der Waals surface area contributed by atoms with Crippen LogP contribution in [0.25, 0.3) is 5.95 Å². The van der Waals surface area contributed by atoms with E-state index < -0.39 is 5.60 Å². The minimum Gasteiger partial charge on any atom is -0.363 e. The van der Waals surface area contributed by atoms with Gasteiger partial charge in [0.05, 0.1) is 6.10 Å². The number of carbonyl (C=O) groups excluding carboxylic acids is 1. The number of hydrogen-bond donors (Lipinski definition) is 1. The lowest BCUT2D eigenvalue weighted by Gasteiger charge is -2.26. The maximum absolute atomic E-state index is 12.3. The third-order valence-corrected chi connectivity index (χ3v) is 2.59. The lowest BCUT2D eigenvalue weighted by atomic mass is 10.1. The summed E-state index contributed by atoms with van der Waals surface area (Å²) in [6.45, 7) is 7.13. The molecule has 112 valence electrons. The summed E-state index contributed by atoms with van der Waals surface area (Å²) in [5, 5.41) is 6.69. The largest absolute Gasteiger partial charge is 0.363 e. The van der Waals surface area contributed by atoms with Gasteiger partial charge in [0.1, 0.15) is 11.9 Å². The van der Waals surface area contributed by atoms with Crippen LogP contribution in [-0.4, -0.2) is 42.3 Å². The first-order chi connectivity index (χ1) is 9.90. The second-order valence-corrected chi connectivity index (χ2v) is 5.18. The smallest absolute Gasteiger partial charge is 0.258 e. The molecule has 2 aromatic rings. The highest BCUT2D eigenvalue weighted by Crippen LogP contribution is 2.16. The summed E-state index contributed by atoms with van der Waals surface area (Å²) in [7, 11) is 0. The molecule has 1 amide bonds. The molecule has 0 aromatic carbocycles. The molecule has 0 bridgehead atoms. The quantitative estimate of drug-likeness (QED) is 0.889. The Bertz CT molecular complexity index is 608. The summed E-state index contributed by atoms with van der Waals surface area (Å²) in [5.74, 6) is 0.251. The van der Waals surface area contributed by atoms with Crippen molar-refractivity contribution >= 4 is 11.9 Å². The molecule has 0 saturated carbocycles. The molecule has 8 nitrogen and oxygen atoms in total. The van der Waals surface area contributed by atoms with Crippen LogP contribution >= 0.6 is 0 Å². The Morgan fingerprint density at radius 1 is 1.29 bits per heavy atom. The van der Waals surface area contributed by atoms with Crippen molar-refractivity contribution in [1.29, 1.82) is 0 Å². The van der Waals surface area contributed by atoms with E-state index >= 15 is 0 Å². The second kappa shape index (κ2) is 5.96. The van der Waals surface area contributed by atoms with E-state index in [0.29, 0.717) is 5.95 Å². The molecular weight excluding hydrogens is 272 g/mol. The van der Waals surface area contributed by atoms with E-state index in [1.165, 1.54) is 11.0 Å². The highest BCUT2D eigenvalue weighted by atomic mass is 16.5. The van der Waals surface area contributed by atoms with E-state index in [4.69, 9.17) is 4.74 Å². The lowest BCUT2D eigenvalue weighted by molar-refractivity contribution is -0.141. The van der Waals surface area contributed by atoms with Gasteiger partial charge in [0.2, 0.25) is 5.95 Å². The van der Waals surface area contributed by atoms with Crippen LogP contribution in [0.2, 0.25) is 0 Å². The van der Waals surface area contributed by atoms with Crippen molar-refractivity contribution in [1.82, 2.24) is 24.7 Å². The van der Waals surface area contributed by atoms with Crippen LogP contribution < -0.4 is 5.32 Å². The zero-order valence-electron chi connectivity index (χ0n) is 12.4. The Kier molecular flexibility index (Phi) is 4.27. The first-order valence-corrected chi connectivity index (χ1v) is 6.57. The summed E-state index contributed by atoms with van der Waals surface area (Å²) in [5.41, 5.74) is -0.984. The number of aromatic nitrogens is 5. The molecule has 0 unspecified atom stereocenters. The van der Waals surface area contributed by atoms with Gasteiger partial charge in [-0.3, -0.25) is 10.1 Å². The lowest BCUT2D eigenvalue weighted by Crippen LogP contribution is -2.42. The van der Waals surface area contributed by atoms with Crippen molar-refractivity contribution in [3.05, 3.63) is 24.8 Å². The molecule has 2 rings (SSSR count). The standard InChI is InChI=1S/C13H18N6O2/c1-9(2)21-13(3,4)10(20)18-12-16-8-17-19(12)11-14-6-5-7-15-11/h5-9H,1-4H3,(H,16,17,18,20). The van der Waals surface area contributed by atoms with Crippen molar-refractivity contribution in [2.45, 2.75) is 39.4 Å². The van der Waals surface area contributed by atoms with Gasteiger partial charge in [0.25, 0.3) is 11.9 Å². The van der Waals surface area contributed by atoms with Crippen LogP contribution in [-0.2, 0) is 9.53 Å². The van der Waals surface area contributed by atoms with E-state index in [1.54, 1.807) is 32.3 Å². The number of anilines is 1. The van der Waals surface area contributed by atoms with Gasteiger partial charge in [-0.15, -0.1) is 0 Å². The van der Waals surface area contributed by atoms with Crippen molar-refractivity contribution in [3.63, 3.8) is 0 Å². The Morgan fingerprint density at radius 2 is 1.95 bits per heavy atom. The normalized spacial score (nSPS) is 11.7. The maximum Gasteiger partial charge on any atom is 0.258 e. The molecule has 0 aliphatic rings. The number of nitrogens with zero attached hydrogens (tertiary/aromatic N) is 5. The van der Waals surface area contributed by atoms with E-state index in [2.05, 4.69) is 25.4 Å². The molecule has 21 heavy (non-hydrogen) atoms. The topological polar surface area (TPSA) is 94.8 Å². The zero-order valence-corrected chi connectivity index (χ0v) is 12.4. The molecule has 0 spiro atoms. The minimum atomic E-state index is -0.984. The predicted molar refractivity (Wildman–Crippen MR) is 75.9 cm³/mol. The summed E-state index contributed by atoms with van der Waals surface area (Å²) in [6.07, 6.45) is 4.42. The van der Waals surface area contributed by atoms with Crippen LogP contribution in [0.4, 0.5) is 5.95 Å². The third-order valence-electron chi connectivity index (χ3n) is 2.59. The molecule has 0 saturated heterocycles. The molecule has 8 heteroatoms. The van der Waals surface area contributed by atoms with Crippen LogP contribution in [0.3, 0.4) is 0 Å². The van der Waals surface area contributed by atoms with Crippen molar-refractivity contribution in [3.8, 4) is 5.95 Å². The van der Waals surface area contributed by atoms with Gasteiger partial charge in [-0.25, -0.2) is 9.97 Å². The Labute approximate surface area is 122 Å². The Balaban J connectivity index is 2.18. The number of ether oxygens (including phenoxy) is 1. The van der Waals surface area contributed by atoms with Gasteiger partial charge in [0.15, 0.2) is 0 Å². The third kappa shape index (κ3) is 3.60. The van der Waals surface area contributed by atoms with Gasteiger partial charge in [0, 0.05) is 12.4 Å². The fourth-order valence-corrected chi connectivity index (χ4v) is 1.77. The van der Waals surface area contributed by atoms with Crippen LogP contribution in [0.15, 0.2) is 24.8 Å². The van der Waals surface area contributed by atoms with Crippen molar-refractivity contribution in [2.24, 2.45) is 0 Å². The molecule has 0 atom stereocenters. The minimum absolute atomic E-state index is 0.0684. The van der Waals surface area contributed by atoms with Crippen LogP contribution in [0, 0.1) is 0 Å². The van der Waals surface area contributed by atoms with E-state index in [1.807, 2.05) is 13.8 Å². The van der Waals surface area contributed by atoms with Gasteiger partial charge < -0.3 is 4.74 Å². The number of hydrogen-bond acceptors (Lipinski definition) is 6. The number of nitrogens with one attached hydrogen (secondary N) is 1. The summed E-state index contributed by atoms with van der Waals surface area (Å²) in [6, 6.07) is 1.69. The van der Waals surface area contributed by atoms with E-state index in [-0.39, 0.29) is 18.0 Å². The van der Waals surface area contributed by atoms with Gasteiger partial charge in [-0.05, 0) is 33.8 Å². The first kappa shape index (κ1) is 15.0. The predicted octanol–water partition coefficient (Wildman–Crippen LogP) is 1.20. The fraction of sp³-hybridized carbons (Fsp3) is 0.462. The molecular formula is C13H18N6O2. The van der Waals surface area contributed by atoms with Crippen molar-refractivity contribution in [2.75, 3.05) is 5.32 Å². The molecule has 0 fully saturated rings. The summed E-state index contributed by atoms with van der Waals surface area (Å²) in [4.78, 5) is 24.4. The Hall–Kier alpha value is -2.35. The number of rotatable bonds is 5. The number of carbonyl (C=O) groups is 1. The highest BCUT2D eigenvalue weighted by molar-refractivity contribution is 5.95. The average Bonchev–Trinajstić information content (AvgIpc) is 2.86. The summed E-state index contributed by atoms with van der Waals surface area (Å²) >= 11 is 0. The zero-order chi connectivity index (χ0) is 15.5. The van der Waals surface area contributed by atoms with Crippen molar-refractivity contribution < 1.29 is 9.53 Å². The van der Waals surface area contributed by atoms with E-state index in [0.717, 1.165) is 0 Å². The molecule has 0 radical (unpaired) electrons. The second-order valence-electron chi connectivity index (χ2n) is 5.18. The van der Waals surface area contributed by atoms with Gasteiger partial charge in [-0.1, -0.05) is 0 Å². The fourth-order valence-electron chi connectivity index (χ4n) is 1.77. The molecule has 1 N–H and O–H groups in total. The van der Waals surface area contributed by atoms with Crippen LogP contribution in [0.1, 0.15) is 27.7 Å². The maximum atomic E-state index is 12.3. The Morgan fingerprint density at radius 3 is 2.57 bits per heavy atom. The molecule has 0 aliphatic heterocycles. The van der Waals surface area contributed by atoms with E-state index in [9.17, 15) is 4.79 Å². The summed E-state index contributed by atoms with van der Waals surface area (Å²) < 4.78 is 6.94. The molecule has 2 aromatic heterocycles. The molecule has 2 heterocycles. The highest BCUT2D eigenvalue weighted by Gasteiger charge is 2.31. The SMILES string of the molecule is CC(C)OC(C)(C)C(=O)Nc1ncnn1-c1ncccn1. The van der Waals surface area contributed by atoms with Gasteiger partial charge >= 0.3 is 0 Å². The first-order valence-electron chi connectivity index (χ1n) is 6.57. The monoisotopic (exact) mass is 290 g/mol. The molecule has 0 aliphatic carbocycles.